The Morgan fingerprint density at radius 3 is 3.00 bits per heavy atom. The van der Waals surface area contributed by atoms with Crippen LogP contribution in [0.5, 0.6) is 0 Å². The van der Waals surface area contributed by atoms with Gasteiger partial charge in [0.2, 0.25) is 0 Å². The molecule has 4 heteroatoms. The minimum atomic E-state index is 0.228. The maximum atomic E-state index is 5.79. The number of nitrogens with one attached hydrogen (secondary N) is 1. The standard InChI is InChI=1S/C13H18BrNOS/c1-2-8-15-13(10-5-3-4-9-16-10)11-6-7-12(14)17-11/h5-7,13,15H,2-4,8-9H2,1H3. The highest BCUT2D eigenvalue weighted by atomic mass is 79.9. The van der Waals surface area contributed by atoms with Crippen molar-refractivity contribution in [3.63, 3.8) is 0 Å². The molecule has 1 unspecified atom stereocenters. The highest BCUT2D eigenvalue weighted by molar-refractivity contribution is 9.11. The van der Waals surface area contributed by atoms with E-state index in [1.165, 1.54) is 8.66 Å². The Balaban J connectivity index is 2.15. The molecule has 0 spiro atoms. The molecule has 0 saturated heterocycles. The Morgan fingerprint density at radius 2 is 2.41 bits per heavy atom. The highest BCUT2D eigenvalue weighted by Gasteiger charge is 2.20. The summed E-state index contributed by atoms with van der Waals surface area (Å²) in [6.45, 7) is 4.05. The van der Waals surface area contributed by atoms with E-state index in [1.54, 1.807) is 11.3 Å². The van der Waals surface area contributed by atoms with Crippen molar-refractivity contribution in [1.82, 2.24) is 5.32 Å². The Kier molecular flexibility index (Phi) is 5.07. The van der Waals surface area contributed by atoms with Gasteiger partial charge in [0.05, 0.1) is 16.4 Å². The molecule has 0 bridgehead atoms. The molecule has 1 aromatic heterocycles. The van der Waals surface area contributed by atoms with E-state index in [0.717, 1.165) is 38.2 Å². The largest absolute Gasteiger partial charge is 0.496 e. The van der Waals surface area contributed by atoms with Crippen LogP contribution < -0.4 is 5.32 Å². The number of allylic oxidation sites excluding steroid dienone is 1. The maximum absolute atomic E-state index is 5.79. The van der Waals surface area contributed by atoms with E-state index in [-0.39, 0.29) is 6.04 Å². The molecule has 2 heterocycles. The van der Waals surface area contributed by atoms with Crippen LogP contribution in [-0.2, 0) is 4.74 Å². The Bertz CT molecular complexity index is 389. The average Bonchev–Trinajstić information content (AvgIpc) is 2.78. The fraction of sp³-hybridized carbons (Fsp3) is 0.538. The Morgan fingerprint density at radius 1 is 1.53 bits per heavy atom. The molecule has 0 amide bonds. The summed E-state index contributed by atoms with van der Waals surface area (Å²) >= 11 is 5.30. The second-order valence-corrected chi connectivity index (χ2v) is 6.62. The molecule has 94 valence electrons. The van der Waals surface area contributed by atoms with Crippen molar-refractivity contribution in [3.05, 3.63) is 32.6 Å². The number of hydrogen-bond donors (Lipinski definition) is 1. The molecular weight excluding hydrogens is 298 g/mol. The molecule has 17 heavy (non-hydrogen) atoms. The molecule has 1 atom stereocenters. The van der Waals surface area contributed by atoms with E-state index >= 15 is 0 Å². The Labute approximate surface area is 115 Å². The van der Waals surface area contributed by atoms with Gasteiger partial charge in [0, 0.05) is 4.88 Å². The normalized spacial score (nSPS) is 17.4. The molecule has 0 aliphatic carbocycles. The summed E-state index contributed by atoms with van der Waals surface area (Å²) in [6, 6.07) is 4.50. The lowest BCUT2D eigenvalue weighted by Gasteiger charge is -2.24. The van der Waals surface area contributed by atoms with Crippen LogP contribution in [0, 0.1) is 0 Å². The van der Waals surface area contributed by atoms with E-state index in [4.69, 9.17) is 4.74 Å². The zero-order chi connectivity index (χ0) is 12.1. The smallest absolute Gasteiger partial charge is 0.114 e. The summed E-state index contributed by atoms with van der Waals surface area (Å²) in [5.74, 6) is 1.10. The zero-order valence-corrected chi connectivity index (χ0v) is 12.4. The fourth-order valence-corrected chi connectivity index (χ4v) is 3.40. The second-order valence-electron chi connectivity index (χ2n) is 4.13. The molecule has 0 aromatic carbocycles. The van der Waals surface area contributed by atoms with Crippen molar-refractivity contribution in [2.24, 2.45) is 0 Å². The van der Waals surface area contributed by atoms with Crippen LogP contribution in [-0.4, -0.2) is 13.2 Å². The molecule has 1 aliphatic rings. The summed E-state index contributed by atoms with van der Waals surface area (Å²) in [5, 5.41) is 3.57. The first-order valence-corrected chi connectivity index (χ1v) is 7.73. The molecular formula is C13H18BrNOS. The maximum Gasteiger partial charge on any atom is 0.114 e. The van der Waals surface area contributed by atoms with Gasteiger partial charge in [0.1, 0.15) is 5.76 Å². The average molecular weight is 316 g/mol. The van der Waals surface area contributed by atoms with Crippen LogP contribution in [0.25, 0.3) is 0 Å². The third kappa shape index (κ3) is 3.57. The molecule has 2 nitrogen and oxygen atoms in total. The van der Waals surface area contributed by atoms with Gasteiger partial charge in [0.25, 0.3) is 0 Å². The molecule has 0 saturated carbocycles. The van der Waals surface area contributed by atoms with Crippen molar-refractivity contribution in [2.75, 3.05) is 13.2 Å². The summed E-state index contributed by atoms with van der Waals surface area (Å²) in [6.07, 6.45) is 5.63. The lowest BCUT2D eigenvalue weighted by atomic mass is 10.1. The number of rotatable bonds is 5. The topological polar surface area (TPSA) is 21.3 Å². The van der Waals surface area contributed by atoms with Crippen LogP contribution in [0.2, 0.25) is 0 Å². The third-order valence-corrected chi connectivity index (χ3v) is 4.41. The summed E-state index contributed by atoms with van der Waals surface area (Å²) in [5.41, 5.74) is 0. The number of thiophene rings is 1. The SMILES string of the molecule is CCCNC(C1=CCCCO1)c1ccc(Br)s1. The van der Waals surface area contributed by atoms with E-state index in [1.807, 2.05) is 0 Å². The lowest BCUT2D eigenvalue weighted by Crippen LogP contribution is -2.25. The van der Waals surface area contributed by atoms with E-state index in [0.29, 0.717) is 0 Å². The quantitative estimate of drug-likeness (QED) is 0.877. The molecule has 1 aliphatic heterocycles. The van der Waals surface area contributed by atoms with Gasteiger partial charge in [-0.3, -0.25) is 0 Å². The van der Waals surface area contributed by atoms with E-state index in [9.17, 15) is 0 Å². The third-order valence-electron chi connectivity index (χ3n) is 2.72. The predicted molar refractivity (Wildman–Crippen MR) is 76.3 cm³/mol. The highest BCUT2D eigenvalue weighted by Crippen LogP contribution is 2.33. The molecule has 1 N–H and O–H groups in total. The molecule has 1 aromatic rings. The predicted octanol–water partition coefficient (Wildman–Crippen LogP) is 4.25. The first-order chi connectivity index (χ1) is 8.31. The minimum Gasteiger partial charge on any atom is -0.496 e. The monoisotopic (exact) mass is 315 g/mol. The van der Waals surface area contributed by atoms with Gasteiger partial charge < -0.3 is 10.1 Å². The van der Waals surface area contributed by atoms with Crippen molar-refractivity contribution in [1.29, 1.82) is 0 Å². The molecule has 2 rings (SSSR count). The van der Waals surface area contributed by atoms with Gasteiger partial charge in [-0.05, 0) is 59.9 Å². The summed E-state index contributed by atoms with van der Waals surface area (Å²) in [4.78, 5) is 1.32. The van der Waals surface area contributed by atoms with Gasteiger partial charge in [-0.1, -0.05) is 6.92 Å². The summed E-state index contributed by atoms with van der Waals surface area (Å²) < 4.78 is 6.96. The van der Waals surface area contributed by atoms with E-state index in [2.05, 4.69) is 46.4 Å². The minimum absolute atomic E-state index is 0.228. The van der Waals surface area contributed by atoms with Crippen molar-refractivity contribution in [2.45, 2.75) is 32.2 Å². The number of ether oxygens (including phenoxy) is 1. The summed E-state index contributed by atoms with van der Waals surface area (Å²) in [7, 11) is 0. The van der Waals surface area contributed by atoms with Crippen LogP contribution in [0.4, 0.5) is 0 Å². The van der Waals surface area contributed by atoms with Gasteiger partial charge in [-0.2, -0.15) is 0 Å². The van der Waals surface area contributed by atoms with Gasteiger partial charge in [0.15, 0.2) is 0 Å². The van der Waals surface area contributed by atoms with Crippen molar-refractivity contribution >= 4 is 27.3 Å². The number of hydrogen-bond acceptors (Lipinski definition) is 3. The first-order valence-electron chi connectivity index (χ1n) is 6.12. The molecule has 0 fully saturated rings. The van der Waals surface area contributed by atoms with Crippen LogP contribution in [0.15, 0.2) is 27.8 Å². The fourth-order valence-electron chi connectivity index (χ4n) is 1.89. The first kappa shape index (κ1) is 13.1. The molecule has 0 radical (unpaired) electrons. The van der Waals surface area contributed by atoms with Crippen LogP contribution in [0.1, 0.15) is 37.1 Å². The number of halogens is 1. The van der Waals surface area contributed by atoms with Gasteiger partial charge >= 0.3 is 0 Å². The second kappa shape index (κ2) is 6.57. The van der Waals surface area contributed by atoms with Crippen molar-refractivity contribution in [3.8, 4) is 0 Å². The van der Waals surface area contributed by atoms with Crippen molar-refractivity contribution < 1.29 is 4.74 Å². The van der Waals surface area contributed by atoms with Gasteiger partial charge in [-0.15, -0.1) is 11.3 Å². The van der Waals surface area contributed by atoms with Crippen LogP contribution >= 0.6 is 27.3 Å². The Hall–Kier alpha value is -0.320. The van der Waals surface area contributed by atoms with E-state index < -0.39 is 0 Å². The lowest BCUT2D eigenvalue weighted by molar-refractivity contribution is 0.168. The van der Waals surface area contributed by atoms with Crippen LogP contribution in [0.3, 0.4) is 0 Å². The van der Waals surface area contributed by atoms with Gasteiger partial charge in [-0.25, -0.2) is 0 Å². The zero-order valence-electron chi connectivity index (χ0n) is 10.0.